The maximum Gasteiger partial charge on any atom is 0.207 e. The Kier molecular flexibility index (Phi) is 6.28. The van der Waals surface area contributed by atoms with Gasteiger partial charge in [0.05, 0.1) is 10.1 Å². The SMILES string of the molecule is CS/C(Nc1ccc(Br)cc1)=C(\C#N)C(=O)c1ccccc1Cl. The largest absolute Gasteiger partial charge is 0.349 e. The predicted octanol–water partition coefficient (Wildman–Crippen LogP) is 5.50. The highest BCUT2D eigenvalue weighted by Gasteiger charge is 2.19. The number of ketones is 1. The average Bonchev–Trinajstić information content (AvgIpc) is 2.56. The van der Waals surface area contributed by atoms with Gasteiger partial charge < -0.3 is 5.32 Å². The molecule has 0 unspecified atom stereocenters. The maximum atomic E-state index is 12.6. The number of carbonyl (C=O) groups is 1. The number of rotatable bonds is 5. The van der Waals surface area contributed by atoms with E-state index in [9.17, 15) is 10.1 Å². The first-order chi connectivity index (χ1) is 11.1. The smallest absolute Gasteiger partial charge is 0.207 e. The van der Waals surface area contributed by atoms with Crippen LogP contribution >= 0.6 is 39.3 Å². The van der Waals surface area contributed by atoms with Crippen LogP contribution in [-0.2, 0) is 0 Å². The summed E-state index contributed by atoms with van der Waals surface area (Å²) in [6.45, 7) is 0. The van der Waals surface area contributed by atoms with E-state index in [1.807, 2.05) is 30.3 Å². The van der Waals surface area contributed by atoms with E-state index in [-0.39, 0.29) is 5.57 Å². The second-order valence-electron chi connectivity index (χ2n) is 4.46. The number of hydrogen-bond acceptors (Lipinski definition) is 4. The fourth-order valence-corrected chi connectivity index (χ4v) is 2.91. The zero-order valence-corrected chi connectivity index (χ0v) is 15.3. The van der Waals surface area contributed by atoms with Gasteiger partial charge in [0, 0.05) is 15.7 Å². The summed E-state index contributed by atoms with van der Waals surface area (Å²) >= 11 is 10.7. The molecule has 0 atom stereocenters. The van der Waals surface area contributed by atoms with E-state index in [1.165, 1.54) is 11.8 Å². The Bertz CT molecular complexity index is 797. The highest BCUT2D eigenvalue weighted by atomic mass is 79.9. The molecule has 2 aromatic carbocycles. The van der Waals surface area contributed by atoms with Crippen LogP contribution in [0.5, 0.6) is 0 Å². The highest BCUT2D eigenvalue weighted by Crippen LogP contribution is 2.26. The minimum absolute atomic E-state index is 0.0357. The van der Waals surface area contributed by atoms with Gasteiger partial charge in [-0.05, 0) is 42.7 Å². The lowest BCUT2D eigenvalue weighted by Gasteiger charge is -2.11. The number of nitrogens with one attached hydrogen (secondary N) is 1. The van der Waals surface area contributed by atoms with Crippen molar-refractivity contribution in [2.24, 2.45) is 0 Å². The van der Waals surface area contributed by atoms with Crippen LogP contribution in [0, 0.1) is 11.3 Å². The zero-order valence-electron chi connectivity index (χ0n) is 12.1. The third-order valence-electron chi connectivity index (χ3n) is 2.99. The molecule has 23 heavy (non-hydrogen) atoms. The van der Waals surface area contributed by atoms with Crippen molar-refractivity contribution < 1.29 is 4.79 Å². The Morgan fingerprint density at radius 2 is 1.87 bits per heavy atom. The van der Waals surface area contributed by atoms with Crippen molar-refractivity contribution in [2.75, 3.05) is 11.6 Å². The molecule has 2 aromatic rings. The first kappa shape index (κ1) is 17.6. The van der Waals surface area contributed by atoms with E-state index in [4.69, 9.17) is 11.6 Å². The molecule has 0 aliphatic heterocycles. The molecule has 1 N–H and O–H groups in total. The summed E-state index contributed by atoms with van der Waals surface area (Å²) in [6.07, 6.45) is 1.80. The molecule has 3 nitrogen and oxygen atoms in total. The number of nitrogens with zero attached hydrogens (tertiary/aromatic N) is 1. The summed E-state index contributed by atoms with van der Waals surface area (Å²) in [6, 6.07) is 16.2. The molecule has 2 rings (SSSR count). The Hall–Kier alpha value is -1.74. The monoisotopic (exact) mass is 406 g/mol. The first-order valence-electron chi connectivity index (χ1n) is 6.57. The van der Waals surface area contributed by atoms with Gasteiger partial charge in [-0.25, -0.2) is 0 Å². The van der Waals surface area contributed by atoms with E-state index in [1.54, 1.807) is 30.5 Å². The molecule has 0 bridgehead atoms. The van der Waals surface area contributed by atoms with Crippen LogP contribution in [0.15, 0.2) is 63.6 Å². The molecule has 0 aliphatic rings. The lowest BCUT2D eigenvalue weighted by molar-refractivity contribution is 0.103. The topological polar surface area (TPSA) is 52.9 Å². The van der Waals surface area contributed by atoms with Crippen LogP contribution in [0.1, 0.15) is 10.4 Å². The molecule has 0 fully saturated rings. The van der Waals surface area contributed by atoms with E-state index in [0.717, 1.165) is 10.2 Å². The van der Waals surface area contributed by atoms with Crippen molar-refractivity contribution >= 4 is 50.8 Å². The summed E-state index contributed by atoms with van der Waals surface area (Å²) in [5.41, 5.74) is 1.14. The Balaban J connectivity index is 2.40. The fourth-order valence-electron chi connectivity index (χ4n) is 1.86. The second-order valence-corrected chi connectivity index (χ2v) is 6.60. The Morgan fingerprint density at radius 1 is 1.22 bits per heavy atom. The molecular formula is C17H12BrClN2OS. The number of anilines is 1. The van der Waals surface area contributed by atoms with Crippen LogP contribution in [0.25, 0.3) is 0 Å². The average molecular weight is 408 g/mol. The molecule has 0 aromatic heterocycles. The van der Waals surface area contributed by atoms with Gasteiger partial charge in [0.2, 0.25) is 5.78 Å². The number of Topliss-reactive ketones (excluding diaryl/α,β-unsaturated/α-hetero) is 1. The molecule has 0 radical (unpaired) electrons. The van der Waals surface area contributed by atoms with Gasteiger partial charge in [-0.1, -0.05) is 39.7 Å². The summed E-state index contributed by atoms with van der Waals surface area (Å²) in [5.74, 6) is -0.396. The summed E-state index contributed by atoms with van der Waals surface area (Å²) in [5, 5.41) is 13.4. The minimum Gasteiger partial charge on any atom is -0.349 e. The highest BCUT2D eigenvalue weighted by molar-refractivity contribution is 9.10. The van der Waals surface area contributed by atoms with Gasteiger partial charge in [0.25, 0.3) is 0 Å². The molecule has 0 aliphatic carbocycles. The van der Waals surface area contributed by atoms with Gasteiger partial charge in [0.15, 0.2) is 0 Å². The molecule has 0 amide bonds. The molecule has 116 valence electrons. The van der Waals surface area contributed by atoms with Gasteiger partial charge in [-0.2, -0.15) is 5.26 Å². The number of carbonyl (C=O) groups excluding carboxylic acids is 1. The Labute approximate surface area is 152 Å². The second kappa shape index (κ2) is 8.21. The predicted molar refractivity (Wildman–Crippen MR) is 99.7 cm³/mol. The zero-order chi connectivity index (χ0) is 16.8. The molecule has 0 spiro atoms. The number of allylic oxidation sites excluding steroid dienone is 1. The van der Waals surface area contributed by atoms with Crippen molar-refractivity contribution in [1.29, 1.82) is 5.26 Å². The van der Waals surface area contributed by atoms with Crippen molar-refractivity contribution in [3.63, 3.8) is 0 Å². The molecule has 0 saturated heterocycles. The molecule has 0 heterocycles. The summed E-state index contributed by atoms with van der Waals surface area (Å²) in [4.78, 5) is 12.6. The van der Waals surface area contributed by atoms with Crippen LogP contribution in [-0.4, -0.2) is 12.0 Å². The quantitative estimate of drug-likeness (QED) is 0.404. The van der Waals surface area contributed by atoms with Crippen molar-refractivity contribution in [3.05, 3.63) is 74.2 Å². The third-order valence-corrected chi connectivity index (χ3v) is 4.56. The van der Waals surface area contributed by atoms with Gasteiger partial charge in [0.1, 0.15) is 11.6 Å². The van der Waals surface area contributed by atoms with Gasteiger partial charge in [-0.3, -0.25) is 4.79 Å². The van der Waals surface area contributed by atoms with Gasteiger partial charge >= 0.3 is 0 Å². The van der Waals surface area contributed by atoms with E-state index >= 15 is 0 Å². The van der Waals surface area contributed by atoms with Crippen LogP contribution in [0.4, 0.5) is 5.69 Å². The van der Waals surface area contributed by atoms with Gasteiger partial charge in [-0.15, -0.1) is 11.8 Å². The number of thioether (sulfide) groups is 1. The van der Waals surface area contributed by atoms with Crippen LogP contribution < -0.4 is 5.32 Å². The molecule has 0 saturated carbocycles. The van der Waals surface area contributed by atoms with E-state index < -0.39 is 5.78 Å². The normalized spacial score (nSPS) is 11.4. The van der Waals surface area contributed by atoms with Crippen molar-refractivity contribution in [2.45, 2.75) is 0 Å². The summed E-state index contributed by atoms with van der Waals surface area (Å²) < 4.78 is 0.949. The van der Waals surface area contributed by atoms with Crippen molar-refractivity contribution in [1.82, 2.24) is 0 Å². The number of halogens is 2. The minimum atomic E-state index is -0.396. The number of hydrogen-bond donors (Lipinski definition) is 1. The first-order valence-corrected chi connectivity index (χ1v) is 8.96. The Morgan fingerprint density at radius 3 is 2.43 bits per heavy atom. The van der Waals surface area contributed by atoms with Crippen LogP contribution in [0.2, 0.25) is 5.02 Å². The lowest BCUT2D eigenvalue weighted by atomic mass is 10.1. The maximum absolute atomic E-state index is 12.6. The molecule has 6 heteroatoms. The lowest BCUT2D eigenvalue weighted by Crippen LogP contribution is -2.09. The fraction of sp³-hybridized carbons (Fsp3) is 0.0588. The molecular weight excluding hydrogens is 396 g/mol. The van der Waals surface area contributed by atoms with Crippen molar-refractivity contribution in [3.8, 4) is 6.07 Å². The number of nitriles is 1. The van der Waals surface area contributed by atoms with E-state index in [2.05, 4.69) is 21.2 Å². The summed E-state index contributed by atoms with van der Waals surface area (Å²) in [7, 11) is 0. The van der Waals surface area contributed by atoms with E-state index in [0.29, 0.717) is 15.6 Å². The van der Waals surface area contributed by atoms with Crippen LogP contribution in [0.3, 0.4) is 0 Å². The third kappa shape index (κ3) is 4.38. The standard InChI is InChI=1S/C17H12BrClN2OS/c1-23-17(21-12-8-6-11(18)7-9-12)14(10-20)16(22)13-4-2-3-5-15(13)19/h2-9,21H,1H3/b17-14+. The number of benzene rings is 2.